The zero-order valence-corrected chi connectivity index (χ0v) is 6.80. The van der Waals surface area contributed by atoms with Crippen molar-refractivity contribution in [3.05, 3.63) is 0 Å². The Balaban J connectivity index is 3.73. The third kappa shape index (κ3) is 4.69. The van der Waals surface area contributed by atoms with Crippen molar-refractivity contribution in [2.24, 2.45) is 0 Å². The molecule has 1 N–H and O–H groups in total. The van der Waals surface area contributed by atoms with Crippen molar-refractivity contribution in [3.8, 4) is 0 Å². The first kappa shape index (κ1) is 9.20. The molecule has 3 nitrogen and oxygen atoms in total. The quantitative estimate of drug-likeness (QED) is 0.495. The number of hydrogen-bond acceptors (Lipinski definition) is 2. The second kappa shape index (κ2) is 4.09. The van der Waals surface area contributed by atoms with Gasteiger partial charge in [-0.3, -0.25) is 0 Å². The average molecular weight is 172 g/mol. The molecule has 0 saturated carbocycles. The highest BCUT2D eigenvalue weighted by molar-refractivity contribution is 7.89. The van der Waals surface area contributed by atoms with Gasteiger partial charge in [-0.2, -0.15) is 0 Å². The fourth-order valence-corrected chi connectivity index (χ4v) is 1.77. The fourth-order valence-electron chi connectivity index (χ4n) is 0.424. The molecule has 5 heteroatoms. The highest BCUT2D eigenvalue weighted by Crippen LogP contribution is 1.87. The molecule has 0 aliphatic heterocycles. The van der Waals surface area contributed by atoms with Crippen LogP contribution >= 0.6 is 11.6 Å². The van der Waals surface area contributed by atoms with Gasteiger partial charge in [0.15, 0.2) is 0 Å². The minimum atomic E-state index is -3.06. The Hall–Kier alpha value is 0.200. The van der Waals surface area contributed by atoms with E-state index in [2.05, 4.69) is 4.72 Å². The predicted molar refractivity (Wildman–Crippen MR) is 37.9 cm³/mol. The molecule has 0 radical (unpaired) electrons. The predicted octanol–water partition coefficient (Wildman–Crippen LogP) is 0.512. The molecule has 0 aliphatic rings. The summed E-state index contributed by atoms with van der Waals surface area (Å²) in [7, 11) is -3.06. The van der Waals surface area contributed by atoms with Gasteiger partial charge in [0.25, 0.3) is 0 Å². The van der Waals surface area contributed by atoms with Gasteiger partial charge in [-0.05, 0) is 6.42 Å². The van der Waals surface area contributed by atoms with Gasteiger partial charge in [-0.15, -0.1) is 11.6 Å². The Kier molecular flexibility index (Phi) is 4.18. The van der Waals surface area contributed by atoms with Gasteiger partial charge in [0.05, 0.1) is 11.8 Å². The van der Waals surface area contributed by atoms with Crippen LogP contribution in [0.1, 0.15) is 13.3 Å². The van der Waals surface area contributed by atoms with Crippen LogP contribution in [0, 0.1) is 0 Å². The van der Waals surface area contributed by atoms with Gasteiger partial charge in [0.1, 0.15) is 0 Å². The maximum Gasteiger partial charge on any atom is 0.212 e. The molecule has 0 heterocycles. The molecule has 0 rings (SSSR count). The number of hydrogen-bond donors (Lipinski definition) is 1. The van der Waals surface area contributed by atoms with Crippen molar-refractivity contribution >= 4 is 21.6 Å². The van der Waals surface area contributed by atoms with E-state index in [-0.39, 0.29) is 11.8 Å². The highest BCUT2D eigenvalue weighted by atomic mass is 35.5. The fraction of sp³-hybridized carbons (Fsp3) is 1.00. The lowest BCUT2D eigenvalue weighted by molar-refractivity contribution is 0.585. The van der Waals surface area contributed by atoms with Gasteiger partial charge < -0.3 is 0 Å². The topological polar surface area (TPSA) is 46.2 Å². The Morgan fingerprint density at radius 3 is 2.44 bits per heavy atom. The van der Waals surface area contributed by atoms with Crippen LogP contribution in [0.15, 0.2) is 0 Å². The largest absolute Gasteiger partial charge is 0.212 e. The summed E-state index contributed by atoms with van der Waals surface area (Å²) in [4.78, 5) is 0. The van der Waals surface area contributed by atoms with Gasteiger partial charge in [0, 0.05) is 0 Å². The summed E-state index contributed by atoms with van der Waals surface area (Å²) in [6.45, 7) is 1.80. The first-order valence-corrected chi connectivity index (χ1v) is 4.84. The van der Waals surface area contributed by atoms with Crippen LogP contribution in [0.3, 0.4) is 0 Å². The summed E-state index contributed by atoms with van der Waals surface area (Å²) in [5, 5.41) is 0. The van der Waals surface area contributed by atoms with Crippen molar-refractivity contribution in [3.63, 3.8) is 0 Å². The molecule has 0 aromatic rings. The van der Waals surface area contributed by atoms with E-state index in [9.17, 15) is 8.42 Å². The van der Waals surface area contributed by atoms with E-state index >= 15 is 0 Å². The lowest BCUT2D eigenvalue weighted by Gasteiger charge is -1.98. The summed E-state index contributed by atoms with van der Waals surface area (Å²) in [5.41, 5.74) is 0. The molecule has 0 bridgehead atoms. The van der Waals surface area contributed by atoms with Crippen LogP contribution in [0.2, 0.25) is 0 Å². The number of sulfonamides is 1. The summed E-state index contributed by atoms with van der Waals surface area (Å²) in [6.07, 6.45) is 0.617. The molecule has 0 saturated heterocycles. The highest BCUT2D eigenvalue weighted by Gasteiger charge is 2.04. The average Bonchev–Trinajstić information content (AvgIpc) is 1.64. The van der Waals surface area contributed by atoms with E-state index < -0.39 is 10.0 Å². The van der Waals surface area contributed by atoms with Crippen LogP contribution in [-0.4, -0.2) is 20.2 Å². The van der Waals surface area contributed by atoms with Crippen molar-refractivity contribution in [1.29, 1.82) is 0 Å². The monoisotopic (exact) mass is 171 g/mol. The first-order chi connectivity index (χ1) is 4.12. The van der Waals surface area contributed by atoms with Crippen molar-refractivity contribution in [2.45, 2.75) is 13.3 Å². The number of halogens is 1. The van der Waals surface area contributed by atoms with E-state index in [0.29, 0.717) is 6.42 Å². The number of rotatable bonds is 4. The summed E-state index contributed by atoms with van der Waals surface area (Å²) in [5.74, 6) is 0.152. The molecule has 0 amide bonds. The molecule has 56 valence electrons. The van der Waals surface area contributed by atoms with Crippen molar-refractivity contribution in [1.82, 2.24) is 4.72 Å². The van der Waals surface area contributed by atoms with E-state index in [4.69, 9.17) is 11.6 Å². The Morgan fingerprint density at radius 2 is 2.11 bits per heavy atom. The van der Waals surface area contributed by atoms with Gasteiger partial charge in [-0.25, -0.2) is 13.1 Å². The summed E-state index contributed by atoms with van der Waals surface area (Å²) >= 11 is 5.13. The van der Waals surface area contributed by atoms with E-state index in [0.717, 1.165) is 0 Å². The molecule has 0 unspecified atom stereocenters. The third-order valence-electron chi connectivity index (χ3n) is 0.747. The lowest BCUT2D eigenvalue weighted by Crippen LogP contribution is -2.24. The van der Waals surface area contributed by atoms with E-state index in [1.54, 1.807) is 6.92 Å². The number of alkyl halides is 1. The SMILES string of the molecule is CCCS(=O)(=O)NCCl. The first-order valence-electron chi connectivity index (χ1n) is 2.65. The molecule has 0 aliphatic carbocycles. The second-order valence-electron chi connectivity index (χ2n) is 1.60. The maximum atomic E-state index is 10.6. The smallest absolute Gasteiger partial charge is 0.212 e. The Labute approximate surface area is 60.4 Å². The van der Waals surface area contributed by atoms with Gasteiger partial charge in [0.2, 0.25) is 10.0 Å². The summed E-state index contributed by atoms with van der Waals surface area (Å²) < 4.78 is 23.4. The molecule has 9 heavy (non-hydrogen) atoms. The molecule has 0 atom stereocenters. The van der Waals surface area contributed by atoms with Gasteiger partial charge in [-0.1, -0.05) is 6.92 Å². The van der Waals surface area contributed by atoms with Crippen LogP contribution in [0.5, 0.6) is 0 Å². The van der Waals surface area contributed by atoms with Crippen LogP contribution < -0.4 is 4.72 Å². The zero-order valence-electron chi connectivity index (χ0n) is 5.22. The van der Waals surface area contributed by atoms with E-state index in [1.807, 2.05) is 0 Å². The summed E-state index contributed by atoms with van der Waals surface area (Å²) in [6, 6.07) is -0.0394. The molecular weight excluding hydrogens is 162 g/mol. The lowest BCUT2D eigenvalue weighted by atomic mass is 10.6. The zero-order chi connectivity index (χ0) is 7.33. The van der Waals surface area contributed by atoms with Crippen molar-refractivity contribution < 1.29 is 8.42 Å². The molecule has 0 aromatic carbocycles. The number of nitrogens with one attached hydrogen (secondary N) is 1. The maximum absolute atomic E-state index is 10.6. The van der Waals surface area contributed by atoms with Crippen LogP contribution in [0.25, 0.3) is 0 Å². The third-order valence-corrected chi connectivity index (χ3v) is 2.57. The van der Waals surface area contributed by atoms with Crippen molar-refractivity contribution in [2.75, 3.05) is 11.8 Å². The van der Waals surface area contributed by atoms with Crippen LogP contribution in [-0.2, 0) is 10.0 Å². The molecule has 0 aromatic heterocycles. The Morgan fingerprint density at radius 1 is 1.56 bits per heavy atom. The normalized spacial score (nSPS) is 11.8. The molecular formula is C4H10ClNO2S. The van der Waals surface area contributed by atoms with Crippen LogP contribution in [0.4, 0.5) is 0 Å². The molecule has 0 spiro atoms. The van der Waals surface area contributed by atoms with E-state index in [1.165, 1.54) is 0 Å². The minimum Gasteiger partial charge on any atom is -0.212 e. The second-order valence-corrected chi connectivity index (χ2v) is 3.79. The van der Waals surface area contributed by atoms with Gasteiger partial charge >= 0.3 is 0 Å². The Bertz CT molecular complexity index is 142. The molecule has 0 fully saturated rings. The standard InChI is InChI=1S/C4H10ClNO2S/c1-2-3-9(7,8)6-4-5/h6H,2-4H2,1H3. The minimum absolute atomic E-state index is 0.0394.